The van der Waals surface area contributed by atoms with E-state index in [1.54, 1.807) is 0 Å². The van der Waals surface area contributed by atoms with E-state index >= 15 is 0 Å². The molecule has 0 radical (unpaired) electrons. The molecule has 0 aromatic heterocycles. The Kier molecular flexibility index (Phi) is 3.71. The van der Waals surface area contributed by atoms with Crippen molar-refractivity contribution >= 4 is 12.4 Å². The predicted octanol–water partition coefficient (Wildman–Crippen LogP) is 2.53. The molecule has 2 aromatic carbocycles. The highest BCUT2D eigenvalue weighted by Gasteiger charge is 2.35. The highest BCUT2D eigenvalue weighted by molar-refractivity contribution is 5.85. The van der Waals surface area contributed by atoms with Gasteiger partial charge in [-0.2, -0.15) is 0 Å². The molecule has 0 aliphatic carbocycles. The van der Waals surface area contributed by atoms with Crippen LogP contribution < -0.4 is 11.1 Å². The van der Waals surface area contributed by atoms with Crippen LogP contribution in [-0.4, -0.2) is 13.1 Å². The van der Waals surface area contributed by atoms with Crippen LogP contribution in [0.15, 0.2) is 54.6 Å². The summed E-state index contributed by atoms with van der Waals surface area (Å²) in [5.74, 6) is 0. The highest BCUT2D eigenvalue weighted by atomic mass is 35.5. The molecule has 0 unspecified atom stereocenters. The van der Waals surface area contributed by atoms with Gasteiger partial charge in [0.2, 0.25) is 0 Å². The Hall–Kier alpha value is -1.35. The van der Waals surface area contributed by atoms with Crippen LogP contribution in [0.1, 0.15) is 5.56 Å². The minimum absolute atomic E-state index is 0. The summed E-state index contributed by atoms with van der Waals surface area (Å²) in [7, 11) is 0. The van der Waals surface area contributed by atoms with Gasteiger partial charge in [-0.05, 0) is 16.7 Å². The van der Waals surface area contributed by atoms with Crippen LogP contribution in [0.25, 0.3) is 11.1 Å². The number of nitrogens with one attached hydrogen (secondary N) is 1. The van der Waals surface area contributed by atoms with Crippen LogP contribution in [0.5, 0.6) is 0 Å². The van der Waals surface area contributed by atoms with Crippen LogP contribution in [0.2, 0.25) is 0 Å². The molecule has 2 nitrogen and oxygen atoms in total. The first-order chi connectivity index (χ1) is 8.30. The molecule has 2 aromatic rings. The highest BCUT2D eigenvalue weighted by Crippen LogP contribution is 2.32. The van der Waals surface area contributed by atoms with Crippen molar-refractivity contribution in [3.05, 3.63) is 60.2 Å². The normalized spacial score (nSPS) is 16.5. The Morgan fingerprint density at radius 2 is 1.50 bits per heavy atom. The number of benzene rings is 2. The minimum atomic E-state index is -0.202. The summed E-state index contributed by atoms with van der Waals surface area (Å²) in [6, 6.07) is 18.9. The maximum Gasteiger partial charge on any atom is 0.0668 e. The first-order valence-corrected chi connectivity index (χ1v) is 5.94. The summed E-state index contributed by atoms with van der Waals surface area (Å²) in [6.45, 7) is 1.72. The number of nitrogens with two attached hydrogens (primary N) is 1. The minimum Gasteiger partial charge on any atom is -0.319 e. The molecule has 94 valence electrons. The molecular weight excluding hydrogens is 244 g/mol. The molecule has 3 N–H and O–H groups in total. The second kappa shape index (κ2) is 5.11. The maximum atomic E-state index is 6.40. The van der Waals surface area contributed by atoms with Gasteiger partial charge in [0.15, 0.2) is 0 Å². The topological polar surface area (TPSA) is 38.0 Å². The van der Waals surface area contributed by atoms with Crippen LogP contribution >= 0.6 is 12.4 Å². The summed E-state index contributed by atoms with van der Waals surface area (Å²) >= 11 is 0. The lowest BCUT2D eigenvalue weighted by Gasteiger charge is -2.40. The van der Waals surface area contributed by atoms with Crippen molar-refractivity contribution < 1.29 is 0 Å². The molecular formula is C15H17ClN2. The molecule has 1 heterocycles. The van der Waals surface area contributed by atoms with E-state index in [0.717, 1.165) is 13.1 Å². The van der Waals surface area contributed by atoms with Gasteiger partial charge >= 0.3 is 0 Å². The molecule has 18 heavy (non-hydrogen) atoms. The predicted molar refractivity (Wildman–Crippen MR) is 77.9 cm³/mol. The molecule has 1 aliphatic heterocycles. The van der Waals surface area contributed by atoms with Crippen LogP contribution in [0.3, 0.4) is 0 Å². The summed E-state index contributed by atoms with van der Waals surface area (Å²) in [6.07, 6.45) is 0. The van der Waals surface area contributed by atoms with Crippen LogP contribution in [-0.2, 0) is 5.54 Å². The fraction of sp³-hybridized carbons (Fsp3) is 0.200. The fourth-order valence-electron chi connectivity index (χ4n) is 2.37. The van der Waals surface area contributed by atoms with E-state index in [1.807, 2.05) is 6.07 Å². The summed E-state index contributed by atoms with van der Waals surface area (Å²) in [4.78, 5) is 0. The van der Waals surface area contributed by atoms with Crippen molar-refractivity contribution in [2.45, 2.75) is 5.54 Å². The van der Waals surface area contributed by atoms with E-state index in [-0.39, 0.29) is 17.9 Å². The first kappa shape index (κ1) is 13.1. The molecule has 1 saturated heterocycles. The third kappa shape index (κ3) is 2.15. The first-order valence-electron chi connectivity index (χ1n) is 5.94. The Morgan fingerprint density at radius 1 is 0.889 bits per heavy atom. The lowest BCUT2D eigenvalue weighted by atomic mass is 9.81. The Bertz CT molecular complexity index is 521. The Labute approximate surface area is 114 Å². The van der Waals surface area contributed by atoms with Gasteiger partial charge in [-0.15, -0.1) is 12.4 Å². The molecule has 0 bridgehead atoms. The largest absolute Gasteiger partial charge is 0.319 e. The van der Waals surface area contributed by atoms with Gasteiger partial charge < -0.3 is 11.1 Å². The average molecular weight is 261 g/mol. The molecule has 0 saturated carbocycles. The van der Waals surface area contributed by atoms with E-state index in [4.69, 9.17) is 5.73 Å². The van der Waals surface area contributed by atoms with Gasteiger partial charge in [-0.25, -0.2) is 0 Å². The van der Waals surface area contributed by atoms with Gasteiger partial charge in [-0.3, -0.25) is 0 Å². The second-order valence-electron chi connectivity index (χ2n) is 4.67. The van der Waals surface area contributed by atoms with Crippen LogP contribution in [0, 0.1) is 0 Å². The van der Waals surface area contributed by atoms with Crippen molar-refractivity contribution in [2.24, 2.45) is 5.73 Å². The van der Waals surface area contributed by atoms with E-state index in [9.17, 15) is 0 Å². The third-order valence-corrected chi connectivity index (χ3v) is 3.43. The number of hydrogen-bond donors (Lipinski definition) is 2. The summed E-state index contributed by atoms with van der Waals surface area (Å²) in [5.41, 5.74) is 9.92. The monoisotopic (exact) mass is 260 g/mol. The molecule has 0 spiro atoms. The van der Waals surface area contributed by atoms with Gasteiger partial charge in [0, 0.05) is 13.1 Å². The number of halogens is 1. The SMILES string of the molecule is Cl.NC1(c2ccccc2-c2ccccc2)CNC1. The average Bonchev–Trinajstić information content (AvgIpc) is 2.37. The quantitative estimate of drug-likeness (QED) is 0.871. The zero-order valence-corrected chi connectivity index (χ0v) is 10.9. The standard InChI is InChI=1S/C15H16N2.ClH/c16-15(10-17-11-15)14-9-5-4-8-13(14)12-6-2-1-3-7-12;/h1-9,17H,10-11,16H2;1H. The molecule has 3 heteroatoms. The number of hydrogen-bond acceptors (Lipinski definition) is 2. The molecule has 1 fully saturated rings. The van der Waals surface area contributed by atoms with Crippen molar-refractivity contribution in [3.8, 4) is 11.1 Å². The smallest absolute Gasteiger partial charge is 0.0668 e. The number of rotatable bonds is 2. The Balaban J connectivity index is 0.00000120. The molecule has 3 rings (SSSR count). The summed E-state index contributed by atoms with van der Waals surface area (Å²) in [5, 5.41) is 3.25. The zero-order chi connectivity index (χ0) is 11.7. The van der Waals surface area contributed by atoms with Crippen molar-refractivity contribution in [1.29, 1.82) is 0 Å². The molecule has 0 amide bonds. The van der Waals surface area contributed by atoms with E-state index in [2.05, 4.69) is 53.8 Å². The van der Waals surface area contributed by atoms with E-state index in [1.165, 1.54) is 16.7 Å². The lowest BCUT2D eigenvalue weighted by Crippen LogP contribution is -2.62. The van der Waals surface area contributed by atoms with Gasteiger partial charge in [0.05, 0.1) is 5.54 Å². The Morgan fingerprint density at radius 3 is 2.11 bits per heavy atom. The third-order valence-electron chi connectivity index (χ3n) is 3.43. The zero-order valence-electron chi connectivity index (χ0n) is 10.1. The molecule has 0 atom stereocenters. The van der Waals surface area contributed by atoms with Crippen molar-refractivity contribution in [1.82, 2.24) is 5.32 Å². The van der Waals surface area contributed by atoms with Gasteiger partial charge in [0.25, 0.3) is 0 Å². The second-order valence-corrected chi connectivity index (χ2v) is 4.67. The summed E-state index contributed by atoms with van der Waals surface area (Å²) < 4.78 is 0. The van der Waals surface area contributed by atoms with Crippen molar-refractivity contribution in [3.63, 3.8) is 0 Å². The molecule has 1 aliphatic rings. The van der Waals surface area contributed by atoms with Crippen LogP contribution in [0.4, 0.5) is 0 Å². The van der Waals surface area contributed by atoms with Gasteiger partial charge in [-0.1, -0.05) is 54.6 Å². The lowest BCUT2D eigenvalue weighted by molar-refractivity contribution is 0.288. The van der Waals surface area contributed by atoms with Gasteiger partial charge in [0.1, 0.15) is 0 Å². The fourth-order valence-corrected chi connectivity index (χ4v) is 2.37. The van der Waals surface area contributed by atoms with E-state index in [0.29, 0.717) is 0 Å². The van der Waals surface area contributed by atoms with Crippen molar-refractivity contribution in [2.75, 3.05) is 13.1 Å². The van der Waals surface area contributed by atoms with E-state index < -0.39 is 0 Å². The maximum absolute atomic E-state index is 6.40.